The maximum atomic E-state index is 5.22. The molecule has 0 radical (unpaired) electrons. The van der Waals surface area contributed by atoms with E-state index in [0.717, 1.165) is 34.8 Å². The number of rotatable bonds is 7. The van der Waals surface area contributed by atoms with Crippen molar-refractivity contribution in [2.24, 2.45) is 5.92 Å². The smallest absolute Gasteiger partial charge is 0.168 e. The highest BCUT2D eigenvalue weighted by atomic mass is 16.5. The van der Waals surface area contributed by atoms with Crippen LogP contribution >= 0.6 is 0 Å². The van der Waals surface area contributed by atoms with E-state index in [0.29, 0.717) is 18.3 Å². The van der Waals surface area contributed by atoms with E-state index in [9.17, 15) is 0 Å². The Bertz CT molecular complexity index is 843. The number of hydrogen-bond donors (Lipinski definition) is 1. The summed E-state index contributed by atoms with van der Waals surface area (Å²) >= 11 is 0. The Morgan fingerprint density at radius 3 is 2.52 bits per heavy atom. The second kappa shape index (κ2) is 7.48. The van der Waals surface area contributed by atoms with Crippen molar-refractivity contribution in [2.45, 2.75) is 20.5 Å². The van der Waals surface area contributed by atoms with Crippen LogP contribution in [0.5, 0.6) is 5.75 Å². The Morgan fingerprint density at radius 2 is 1.88 bits per heavy atom. The molecule has 3 aromatic rings. The van der Waals surface area contributed by atoms with E-state index in [4.69, 9.17) is 9.47 Å². The summed E-state index contributed by atoms with van der Waals surface area (Å²) in [7, 11) is 3.28. The Balaban J connectivity index is 2.07. The highest BCUT2D eigenvalue weighted by Crippen LogP contribution is 2.24. The summed E-state index contributed by atoms with van der Waals surface area (Å²) in [6.45, 7) is 5.48. The molecule has 7 heteroatoms. The first-order valence-corrected chi connectivity index (χ1v) is 8.24. The lowest BCUT2D eigenvalue weighted by Crippen LogP contribution is -2.11. The molecule has 0 saturated heterocycles. The van der Waals surface area contributed by atoms with Crippen LogP contribution in [0.1, 0.15) is 19.7 Å². The molecule has 0 bridgehead atoms. The topological polar surface area (TPSA) is 74.1 Å². The Kier molecular flexibility index (Phi) is 5.14. The van der Waals surface area contributed by atoms with Crippen LogP contribution in [-0.2, 0) is 11.3 Å². The monoisotopic (exact) mass is 341 g/mol. The maximum absolute atomic E-state index is 5.22. The summed E-state index contributed by atoms with van der Waals surface area (Å²) in [6, 6.07) is 7.70. The molecule has 1 aromatic carbocycles. The zero-order chi connectivity index (χ0) is 17.8. The normalized spacial score (nSPS) is 11.2. The fourth-order valence-corrected chi connectivity index (χ4v) is 2.49. The third kappa shape index (κ3) is 3.71. The van der Waals surface area contributed by atoms with Gasteiger partial charge in [-0.2, -0.15) is 5.10 Å². The van der Waals surface area contributed by atoms with Crippen LogP contribution < -0.4 is 10.1 Å². The Morgan fingerprint density at radius 1 is 1.12 bits per heavy atom. The molecule has 2 aromatic heterocycles. The van der Waals surface area contributed by atoms with Gasteiger partial charge in [0.15, 0.2) is 11.5 Å². The quantitative estimate of drug-likeness (QED) is 0.712. The number of nitrogens with one attached hydrogen (secondary N) is 1. The lowest BCUT2D eigenvalue weighted by Gasteiger charge is -2.11. The second-order valence-corrected chi connectivity index (χ2v) is 6.19. The number of hydrogen-bond acceptors (Lipinski definition) is 6. The third-order valence-corrected chi connectivity index (χ3v) is 3.74. The molecule has 0 saturated carbocycles. The summed E-state index contributed by atoms with van der Waals surface area (Å²) in [4.78, 5) is 9.20. The minimum Gasteiger partial charge on any atom is -0.497 e. The van der Waals surface area contributed by atoms with Gasteiger partial charge in [-0.05, 0) is 30.2 Å². The van der Waals surface area contributed by atoms with Gasteiger partial charge < -0.3 is 14.8 Å². The van der Waals surface area contributed by atoms with E-state index in [1.807, 2.05) is 24.3 Å². The van der Waals surface area contributed by atoms with E-state index in [-0.39, 0.29) is 0 Å². The van der Waals surface area contributed by atoms with E-state index in [2.05, 4.69) is 34.2 Å². The van der Waals surface area contributed by atoms with Gasteiger partial charge in [0, 0.05) is 13.7 Å². The zero-order valence-corrected chi connectivity index (χ0v) is 15.0. The standard InChI is InChI=1S/C18H23N5O2/c1-12(2)9-19-17-15-10-20-23(13-5-7-14(25-4)8-6-13)18(15)22-16(21-17)11-24-3/h5-8,10,12H,9,11H2,1-4H3,(H,19,21,22). The average Bonchev–Trinajstić information content (AvgIpc) is 3.04. The van der Waals surface area contributed by atoms with Crippen LogP contribution in [0.2, 0.25) is 0 Å². The molecule has 132 valence electrons. The Hall–Kier alpha value is -2.67. The first-order chi connectivity index (χ1) is 12.1. The van der Waals surface area contributed by atoms with Gasteiger partial charge in [0.25, 0.3) is 0 Å². The summed E-state index contributed by atoms with van der Waals surface area (Å²) in [5.41, 5.74) is 1.66. The number of anilines is 1. The SMILES string of the molecule is COCc1nc(NCC(C)C)c2cnn(-c3ccc(OC)cc3)c2n1. The highest BCUT2D eigenvalue weighted by Gasteiger charge is 2.14. The van der Waals surface area contributed by atoms with Crippen LogP contribution in [0, 0.1) is 5.92 Å². The molecule has 7 nitrogen and oxygen atoms in total. The molecule has 0 unspecified atom stereocenters. The van der Waals surface area contributed by atoms with Crippen molar-refractivity contribution in [2.75, 3.05) is 26.1 Å². The van der Waals surface area contributed by atoms with Crippen molar-refractivity contribution in [1.82, 2.24) is 19.7 Å². The minimum absolute atomic E-state index is 0.347. The van der Waals surface area contributed by atoms with Gasteiger partial charge in [-0.25, -0.2) is 14.6 Å². The number of fused-ring (bicyclic) bond motifs is 1. The van der Waals surface area contributed by atoms with Crippen molar-refractivity contribution >= 4 is 16.9 Å². The predicted octanol–water partition coefficient (Wildman–Crippen LogP) is 3.04. The maximum Gasteiger partial charge on any atom is 0.168 e. The van der Waals surface area contributed by atoms with Gasteiger partial charge in [0.1, 0.15) is 18.2 Å². The predicted molar refractivity (Wildman–Crippen MR) is 97.3 cm³/mol. The molecule has 0 amide bonds. The summed E-state index contributed by atoms with van der Waals surface area (Å²) in [5.74, 6) is 2.71. The van der Waals surface area contributed by atoms with Crippen LogP contribution in [0.4, 0.5) is 5.82 Å². The molecule has 0 fully saturated rings. The first-order valence-electron chi connectivity index (χ1n) is 8.24. The number of aromatic nitrogens is 4. The van der Waals surface area contributed by atoms with Crippen molar-refractivity contribution in [3.05, 3.63) is 36.3 Å². The molecule has 0 aliphatic carbocycles. The van der Waals surface area contributed by atoms with Gasteiger partial charge >= 0.3 is 0 Å². The minimum atomic E-state index is 0.347. The van der Waals surface area contributed by atoms with Crippen LogP contribution in [-0.4, -0.2) is 40.5 Å². The van der Waals surface area contributed by atoms with E-state index in [1.54, 1.807) is 25.1 Å². The molecular formula is C18H23N5O2. The summed E-state index contributed by atoms with van der Waals surface area (Å²) in [6.07, 6.45) is 1.79. The number of benzene rings is 1. The molecule has 0 atom stereocenters. The molecule has 0 spiro atoms. The van der Waals surface area contributed by atoms with Crippen LogP contribution in [0.15, 0.2) is 30.5 Å². The van der Waals surface area contributed by atoms with E-state index in [1.165, 1.54) is 0 Å². The molecule has 0 aliphatic heterocycles. The van der Waals surface area contributed by atoms with Gasteiger partial charge in [-0.3, -0.25) is 0 Å². The second-order valence-electron chi connectivity index (χ2n) is 6.19. The van der Waals surface area contributed by atoms with Gasteiger partial charge in [-0.1, -0.05) is 13.8 Å². The van der Waals surface area contributed by atoms with Gasteiger partial charge in [-0.15, -0.1) is 0 Å². The molecule has 2 heterocycles. The van der Waals surface area contributed by atoms with E-state index >= 15 is 0 Å². The van der Waals surface area contributed by atoms with Gasteiger partial charge in [0.2, 0.25) is 0 Å². The summed E-state index contributed by atoms with van der Waals surface area (Å²) in [5, 5.41) is 8.78. The van der Waals surface area contributed by atoms with Crippen molar-refractivity contribution in [3.63, 3.8) is 0 Å². The first kappa shape index (κ1) is 17.2. The lowest BCUT2D eigenvalue weighted by atomic mass is 10.2. The lowest BCUT2D eigenvalue weighted by molar-refractivity contribution is 0.178. The largest absolute Gasteiger partial charge is 0.497 e. The zero-order valence-electron chi connectivity index (χ0n) is 15.0. The fraction of sp³-hybridized carbons (Fsp3) is 0.389. The fourth-order valence-electron chi connectivity index (χ4n) is 2.49. The molecular weight excluding hydrogens is 318 g/mol. The van der Waals surface area contributed by atoms with Crippen molar-refractivity contribution in [3.8, 4) is 11.4 Å². The Labute approximate surface area is 147 Å². The third-order valence-electron chi connectivity index (χ3n) is 3.74. The number of nitrogens with zero attached hydrogens (tertiary/aromatic N) is 4. The molecule has 1 N–H and O–H groups in total. The molecule has 3 rings (SSSR count). The van der Waals surface area contributed by atoms with Crippen molar-refractivity contribution in [1.29, 1.82) is 0 Å². The average molecular weight is 341 g/mol. The summed E-state index contributed by atoms with van der Waals surface area (Å²) < 4.78 is 12.2. The number of methoxy groups -OCH3 is 2. The molecule has 25 heavy (non-hydrogen) atoms. The van der Waals surface area contributed by atoms with E-state index < -0.39 is 0 Å². The van der Waals surface area contributed by atoms with Crippen LogP contribution in [0.25, 0.3) is 16.7 Å². The highest BCUT2D eigenvalue weighted by molar-refractivity contribution is 5.87. The number of ether oxygens (including phenoxy) is 2. The van der Waals surface area contributed by atoms with Crippen molar-refractivity contribution < 1.29 is 9.47 Å². The molecule has 0 aliphatic rings. The van der Waals surface area contributed by atoms with Gasteiger partial charge in [0.05, 0.1) is 24.4 Å². The van der Waals surface area contributed by atoms with Crippen LogP contribution in [0.3, 0.4) is 0 Å².